The Hall–Kier alpha value is -2.04. The maximum Gasteiger partial charge on any atom is 0.257 e. The van der Waals surface area contributed by atoms with Crippen LogP contribution in [0.1, 0.15) is 82.0 Å². The van der Waals surface area contributed by atoms with Crippen LogP contribution in [0.2, 0.25) is 0 Å². The van der Waals surface area contributed by atoms with Gasteiger partial charge in [0.05, 0.1) is 11.6 Å². The second-order valence-corrected chi connectivity index (χ2v) is 9.19. The van der Waals surface area contributed by atoms with Gasteiger partial charge in [-0.15, -0.1) is 0 Å². The Bertz CT molecular complexity index is 718. The van der Waals surface area contributed by atoms with Crippen molar-refractivity contribution in [3.8, 4) is 5.75 Å². The molecule has 1 aromatic carbocycles. The van der Waals surface area contributed by atoms with Gasteiger partial charge >= 0.3 is 0 Å². The molecule has 0 N–H and O–H groups in total. The third-order valence-electron chi connectivity index (χ3n) is 6.48. The lowest BCUT2D eigenvalue weighted by Gasteiger charge is -2.41. The molecular formula is C25H38N2O3. The number of benzene rings is 1. The Balaban J connectivity index is 1.92. The normalized spacial score (nSPS) is 24.3. The number of amides is 2. The van der Waals surface area contributed by atoms with Gasteiger partial charge in [-0.2, -0.15) is 0 Å². The van der Waals surface area contributed by atoms with Crippen molar-refractivity contribution in [2.45, 2.75) is 83.8 Å². The molecule has 2 amide bonds. The third kappa shape index (κ3) is 5.55. The Morgan fingerprint density at radius 2 is 1.63 bits per heavy atom. The molecule has 1 aliphatic heterocycles. The number of para-hydroxylation sites is 1. The van der Waals surface area contributed by atoms with Crippen LogP contribution in [0.4, 0.5) is 0 Å². The highest BCUT2D eigenvalue weighted by atomic mass is 16.5. The molecule has 5 nitrogen and oxygen atoms in total. The zero-order valence-corrected chi connectivity index (χ0v) is 18.9. The highest BCUT2D eigenvalue weighted by Gasteiger charge is 2.35. The fourth-order valence-electron chi connectivity index (χ4n) is 4.72. The van der Waals surface area contributed by atoms with E-state index < -0.39 is 0 Å². The molecule has 30 heavy (non-hydrogen) atoms. The van der Waals surface area contributed by atoms with E-state index in [1.165, 1.54) is 0 Å². The molecule has 1 aromatic rings. The Kier molecular flexibility index (Phi) is 8.17. The summed E-state index contributed by atoms with van der Waals surface area (Å²) in [5, 5.41) is 0. The Morgan fingerprint density at radius 3 is 2.40 bits per heavy atom. The van der Waals surface area contributed by atoms with Crippen molar-refractivity contribution in [2.24, 2.45) is 5.92 Å². The van der Waals surface area contributed by atoms with Crippen molar-refractivity contribution in [3.05, 3.63) is 29.8 Å². The second kappa shape index (κ2) is 10.8. The van der Waals surface area contributed by atoms with Gasteiger partial charge in [0.15, 0.2) is 0 Å². The van der Waals surface area contributed by atoms with Crippen molar-refractivity contribution >= 4 is 11.8 Å². The molecule has 5 heteroatoms. The molecule has 3 rings (SSSR count). The third-order valence-corrected chi connectivity index (χ3v) is 6.48. The van der Waals surface area contributed by atoms with E-state index in [0.717, 1.165) is 70.9 Å². The first kappa shape index (κ1) is 22.6. The van der Waals surface area contributed by atoms with E-state index in [0.29, 0.717) is 11.3 Å². The molecule has 0 spiro atoms. The molecule has 1 saturated carbocycles. The maximum atomic E-state index is 13.1. The van der Waals surface area contributed by atoms with Gasteiger partial charge in [-0.05, 0) is 44.2 Å². The van der Waals surface area contributed by atoms with Crippen molar-refractivity contribution < 1.29 is 14.3 Å². The number of ether oxygens (including phenoxy) is 1. The maximum absolute atomic E-state index is 13.1. The number of fused-ring (bicyclic) bond motifs is 2. The number of carbonyl (C=O) groups excluding carboxylic acids is 2. The summed E-state index contributed by atoms with van der Waals surface area (Å²) in [6.07, 6.45) is 9.47. The predicted octanol–water partition coefficient (Wildman–Crippen LogP) is 4.90. The summed E-state index contributed by atoms with van der Waals surface area (Å²) in [6, 6.07) is 7.67. The smallest absolute Gasteiger partial charge is 0.257 e. The van der Waals surface area contributed by atoms with Crippen molar-refractivity contribution in [1.29, 1.82) is 0 Å². The minimum absolute atomic E-state index is 0.0165. The summed E-state index contributed by atoms with van der Waals surface area (Å²) >= 11 is 0. The average Bonchev–Trinajstić information content (AvgIpc) is 2.75. The van der Waals surface area contributed by atoms with Crippen LogP contribution in [0.5, 0.6) is 5.75 Å². The zero-order chi connectivity index (χ0) is 21.5. The molecule has 0 bridgehead atoms. The average molecular weight is 415 g/mol. The summed E-state index contributed by atoms with van der Waals surface area (Å²) in [6.45, 7) is 5.54. The highest BCUT2D eigenvalue weighted by molar-refractivity contribution is 5.96. The zero-order valence-electron chi connectivity index (χ0n) is 18.9. The summed E-state index contributed by atoms with van der Waals surface area (Å²) < 4.78 is 6.51. The first-order valence-electron chi connectivity index (χ1n) is 11.8. The van der Waals surface area contributed by atoms with E-state index in [1.54, 1.807) is 0 Å². The summed E-state index contributed by atoms with van der Waals surface area (Å²) in [7, 11) is 1.88. The van der Waals surface area contributed by atoms with Gasteiger partial charge in [-0.25, -0.2) is 0 Å². The molecule has 2 atom stereocenters. The lowest BCUT2D eigenvalue weighted by Crippen LogP contribution is -2.52. The number of carbonyl (C=O) groups is 2. The molecule has 0 radical (unpaired) electrons. The van der Waals surface area contributed by atoms with E-state index in [9.17, 15) is 9.59 Å². The van der Waals surface area contributed by atoms with E-state index >= 15 is 0 Å². The molecule has 0 saturated heterocycles. The SMILES string of the molecule is CC(C)C(=O)N1CCCCCCCN(C)C(=O)c2ccccc2O[C@H]2CCCC[C@H]21. The summed E-state index contributed by atoms with van der Waals surface area (Å²) in [5.41, 5.74) is 0.626. The number of nitrogens with zero attached hydrogens (tertiary/aromatic N) is 2. The molecule has 0 unspecified atom stereocenters. The quantitative estimate of drug-likeness (QED) is 0.657. The fourth-order valence-corrected chi connectivity index (χ4v) is 4.72. The summed E-state index contributed by atoms with van der Waals surface area (Å²) in [4.78, 5) is 30.1. The predicted molar refractivity (Wildman–Crippen MR) is 120 cm³/mol. The molecular weight excluding hydrogens is 376 g/mol. The lowest BCUT2D eigenvalue weighted by atomic mass is 9.90. The van der Waals surface area contributed by atoms with Crippen LogP contribution in [0.25, 0.3) is 0 Å². The highest BCUT2D eigenvalue weighted by Crippen LogP contribution is 2.31. The molecule has 1 heterocycles. The minimum Gasteiger partial charge on any atom is -0.487 e. The van der Waals surface area contributed by atoms with Crippen LogP contribution in [-0.4, -0.2) is 53.9 Å². The minimum atomic E-state index is -0.0640. The van der Waals surface area contributed by atoms with Gasteiger partial charge in [0, 0.05) is 26.1 Å². The first-order valence-corrected chi connectivity index (χ1v) is 11.8. The fraction of sp³-hybridized carbons (Fsp3) is 0.680. The molecule has 1 fully saturated rings. The van der Waals surface area contributed by atoms with Crippen molar-refractivity contribution in [2.75, 3.05) is 20.1 Å². The van der Waals surface area contributed by atoms with Gasteiger partial charge < -0.3 is 14.5 Å². The van der Waals surface area contributed by atoms with E-state index in [-0.39, 0.29) is 29.9 Å². The standard InChI is InChI=1S/C25H38N2O3/c1-19(2)24(28)27-18-12-6-4-5-11-17-26(3)25(29)20-13-7-9-15-22(20)30-23-16-10-8-14-21(23)27/h7,9,13,15,19,21,23H,4-6,8,10-12,14,16-18H2,1-3H3/t21-,23+/m1/s1. The van der Waals surface area contributed by atoms with Gasteiger partial charge in [-0.3, -0.25) is 9.59 Å². The number of hydrogen-bond acceptors (Lipinski definition) is 3. The molecule has 0 aromatic heterocycles. The van der Waals surface area contributed by atoms with Crippen LogP contribution in [0, 0.1) is 5.92 Å². The molecule has 2 aliphatic rings. The Labute approximate surface area is 181 Å². The van der Waals surface area contributed by atoms with Crippen molar-refractivity contribution in [1.82, 2.24) is 9.80 Å². The topological polar surface area (TPSA) is 49.9 Å². The van der Waals surface area contributed by atoms with E-state index in [2.05, 4.69) is 4.90 Å². The van der Waals surface area contributed by atoms with Crippen LogP contribution < -0.4 is 4.74 Å². The molecule has 166 valence electrons. The lowest BCUT2D eigenvalue weighted by molar-refractivity contribution is -0.140. The van der Waals surface area contributed by atoms with Gasteiger partial charge in [0.25, 0.3) is 5.91 Å². The van der Waals surface area contributed by atoms with Crippen LogP contribution in [-0.2, 0) is 4.79 Å². The largest absolute Gasteiger partial charge is 0.487 e. The first-order chi connectivity index (χ1) is 14.5. The number of hydrogen-bond donors (Lipinski definition) is 0. The van der Waals surface area contributed by atoms with Crippen LogP contribution in [0.3, 0.4) is 0 Å². The van der Waals surface area contributed by atoms with Gasteiger partial charge in [0.2, 0.25) is 5.91 Å². The number of rotatable bonds is 1. The van der Waals surface area contributed by atoms with E-state index in [1.807, 2.05) is 50.1 Å². The molecule has 1 aliphatic carbocycles. The monoisotopic (exact) mass is 414 g/mol. The van der Waals surface area contributed by atoms with Gasteiger partial charge in [0.1, 0.15) is 11.9 Å². The van der Waals surface area contributed by atoms with Crippen molar-refractivity contribution in [3.63, 3.8) is 0 Å². The van der Waals surface area contributed by atoms with Crippen LogP contribution >= 0.6 is 0 Å². The van der Waals surface area contributed by atoms with Gasteiger partial charge in [-0.1, -0.05) is 51.7 Å². The van der Waals surface area contributed by atoms with Crippen LogP contribution in [0.15, 0.2) is 24.3 Å². The Morgan fingerprint density at radius 1 is 0.967 bits per heavy atom. The summed E-state index contributed by atoms with van der Waals surface area (Å²) in [5.74, 6) is 0.877. The van der Waals surface area contributed by atoms with E-state index in [4.69, 9.17) is 4.74 Å². The second-order valence-electron chi connectivity index (χ2n) is 9.19.